The molecule has 0 amide bonds. The van der Waals surface area contributed by atoms with E-state index in [1.54, 1.807) is 0 Å². The van der Waals surface area contributed by atoms with Crippen LogP contribution in [0.4, 0.5) is 0 Å². The maximum Gasteiger partial charge on any atom is 0.123 e. The van der Waals surface area contributed by atoms with Crippen molar-refractivity contribution in [2.24, 2.45) is 11.8 Å². The zero-order valence-electron chi connectivity index (χ0n) is 23.0. The molecule has 0 spiro atoms. The van der Waals surface area contributed by atoms with Crippen LogP contribution in [0.5, 0.6) is 0 Å². The zero-order chi connectivity index (χ0) is 26.2. The SMILES string of the molecule is c1cc2c(cc1-c1cnc([C@@H]3C[C@@H]4CCC[C@@H]4N3)[nH]1)CCc1cc(-c3cnc([C@@H]4C[C@@H]5CCC[C@@H]5N4)[nH]3)ccc1-2. The smallest absolute Gasteiger partial charge is 0.123 e. The lowest BCUT2D eigenvalue weighted by atomic mass is 9.83. The summed E-state index contributed by atoms with van der Waals surface area (Å²) in [6.45, 7) is 0. The molecule has 4 aromatic rings. The molecule has 5 aliphatic rings. The van der Waals surface area contributed by atoms with Crippen molar-refractivity contribution in [1.82, 2.24) is 30.6 Å². The van der Waals surface area contributed by atoms with E-state index in [2.05, 4.69) is 57.0 Å². The van der Waals surface area contributed by atoms with Gasteiger partial charge in [-0.3, -0.25) is 0 Å². The highest BCUT2D eigenvalue weighted by Crippen LogP contribution is 2.42. The van der Waals surface area contributed by atoms with Crippen LogP contribution in [-0.4, -0.2) is 32.0 Å². The van der Waals surface area contributed by atoms with Gasteiger partial charge in [0.2, 0.25) is 0 Å². The summed E-state index contributed by atoms with van der Waals surface area (Å²) >= 11 is 0. The summed E-state index contributed by atoms with van der Waals surface area (Å²) in [5.74, 6) is 3.88. The molecule has 2 aromatic heterocycles. The van der Waals surface area contributed by atoms with Crippen LogP contribution in [0.3, 0.4) is 0 Å². The van der Waals surface area contributed by atoms with Gasteiger partial charge in [0.1, 0.15) is 11.6 Å². The van der Waals surface area contributed by atoms with Gasteiger partial charge in [-0.2, -0.15) is 0 Å². The van der Waals surface area contributed by atoms with Crippen LogP contribution in [0.2, 0.25) is 0 Å². The van der Waals surface area contributed by atoms with E-state index in [1.165, 1.54) is 84.7 Å². The molecule has 4 N–H and O–H groups in total. The van der Waals surface area contributed by atoms with Crippen molar-refractivity contribution >= 4 is 0 Å². The first-order chi connectivity index (χ1) is 19.7. The van der Waals surface area contributed by atoms with Crippen molar-refractivity contribution < 1.29 is 0 Å². The van der Waals surface area contributed by atoms with E-state index in [0.29, 0.717) is 24.2 Å². The van der Waals surface area contributed by atoms with Gasteiger partial charge in [0.15, 0.2) is 0 Å². The fraction of sp³-hybridized carbons (Fsp3) is 0.471. The van der Waals surface area contributed by atoms with Gasteiger partial charge in [0, 0.05) is 12.1 Å². The van der Waals surface area contributed by atoms with Crippen LogP contribution in [0.25, 0.3) is 33.6 Å². The van der Waals surface area contributed by atoms with Gasteiger partial charge in [0.05, 0.1) is 35.9 Å². The minimum absolute atomic E-state index is 0.378. The lowest BCUT2D eigenvalue weighted by Gasteiger charge is -2.21. The summed E-state index contributed by atoms with van der Waals surface area (Å²) in [4.78, 5) is 16.9. The van der Waals surface area contributed by atoms with Crippen molar-refractivity contribution in [3.8, 4) is 33.6 Å². The van der Waals surface area contributed by atoms with E-state index in [0.717, 1.165) is 47.7 Å². The van der Waals surface area contributed by atoms with E-state index in [1.807, 2.05) is 12.4 Å². The Labute approximate surface area is 235 Å². The summed E-state index contributed by atoms with van der Waals surface area (Å²) in [5.41, 5.74) is 10.4. The third-order valence-corrected chi connectivity index (χ3v) is 10.9. The number of aryl methyl sites for hydroxylation is 2. The number of hydrogen-bond acceptors (Lipinski definition) is 4. The summed E-state index contributed by atoms with van der Waals surface area (Å²) < 4.78 is 0. The molecule has 9 rings (SSSR count). The summed E-state index contributed by atoms with van der Waals surface area (Å²) in [6.07, 6.45) is 16.8. The molecular formula is C34H38N6. The van der Waals surface area contributed by atoms with Crippen molar-refractivity contribution in [2.45, 2.75) is 88.4 Å². The van der Waals surface area contributed by atoms with Crippen LogP contribution >= 0.6 is 0 Å². The Hall–Kier alpha value is -3.22. The fourth-order valence-corrected chi connectivity index (χ4v) is 8.77. The van der Waals surface area contributed by atoms with Crippen molar-refractivity contribution in [3.05, 3.63) is 71.6 Å². The first kappa shape index (κ1) is 23.5. The number of nitrogens with one attached hydrogen (secondary N) is 4. The molecule has 2 aromatic carbocycles. The third-order valence-electron chi connectivity index (χ3n) is 10.9. The van der Waals surface area contributed by atoms with Gasteiger partial charge in [-0.05, 0) is 109 Å². The standard InChI is InChI=1S/C34H38N6/c1-3-21-15-29(37-27(21)5-1)33-35-17-31(39-33)23-9-11-25-19(13-23)7-8-20-14-24(10-12-26(20)25)32-18-36-34(40-32)30-16-22-4-2-6-28(22)38-30/h9-14,17-18,21-22,27-30,37-38H,1-8,15-16H2,(H,35,39)(H,36,40)/t21-,22-,27-,28-,29-,30-/m0/s1. The molecule has 0 unspecified atom stereocenters. The minimum Gasteiger partial charge on any atom is -0.341 e. The number of H-pyrrole nitrogens is 2. The highest BCUT2D eigenvalue weighted by atomic mass is 15.1. The molecule has 2 saturated carbocycles. The number of benzene rings is 2. The van der Waals surface area contributed by atoms with Gasteiger partial charge in [0.25, 0.3) is 0 Å². The van der Waals surface area contributed by atoms with E-state index in [9.17, 15) is 0 Å². The number of aromatic nitrogens is 4. The molecule has 4 heterocycles. The van der Waals surface area contributed by atoms with E-state index >= 15 is 0 Å². The molecular weight excluding hydrogens is 492 g/mol. The lowest BCUT2D eigenvalue weighted by Crippen LogP contribution is -2.24. The number of rotatable bonds is 4. The number of aromatic amines is 2. The van der Waals surface area contributed by atoms with Crippen LogP contribution in [0.15, 0.2) is 48.8 Å². The Morgan fingerprint density at radius 3 is 1.57 bits per heavy atom. The second-order valence-electron chi connectivity index (χ2n) is 13.1. The second kappa shape index (κ2) is 9.15. The molecule has 4 fully saturated rings. The molecule has 6 atom stereocenters. The zero-order valence-corrected chi connectivity index (χ0v) is 23.0. The molecule has 3 aliphatic carbocycles. The Morgan fingerprint density at radius 2 is 1.10 bits per heavy atom. The quantitative estimate of drug-likeness (QED) is 0.238. The molecule has 2 aliphatic heterocycles. The van der Waals surface area contributed by atoms with E-state index in [4.69, 9.17) is 9.97 Å². The maximum absolute atomic E-state index is 4.80. The Balaban J connectivity index is 0.941. The fourth-order valence-electron chi connectivity index (χ4n) is 8.77. The van der Waals surface area contributed by atoms with Gasteiger partial charge < -0.3 is 20.6 Å². The molecule has 40 heavy (non-hydrogen) atoms. The first-order valence-corrected chi connectivity index (χ1v) is 15.6. The normalized spacial score (nSPS) is 30.3. The number of hydrogen-bond donors (Lipinski definition) is 4. The average Bonchev–Trinajstić information content (AvgIpc) is 3.79. The second-order valence-corrected chi connectivity index (χ2v) is 13.1. The van der Waals surface area contributed by atoms with Gasteiger partial charge in [-0.1, -0.05) is 37.1 Å². The summed E-state index contributed by atoms with van der Waals surface area (Å²) in [7, 11) is 0. The Kier molecular flexibility index (Phi) is 5.37. The largest absolute Gasteiger partial charge is 0.341 e. The Morgan fingerprint density at radius 1 is 0.600 bits per heavy atom. The molecule has 0 bridgehead atoms. The van der Waals surface area contributed by atoms with Gasteiger partial charge >= 0.3 is 0 Å². The minimum atomic E-state index is 0.378. The highest BCUT2D eigenvalue weighted by molar-refractivity contribution is 5.79. The summed E-state index contributed by atoms with van der Waals surface area (Å²) in [6, 6.07) is 16.1. The number of nitrogens with zero attached hydrogens (tertiary/aromatic N) is 2. The van der Waals surface area contributed by atoms with Crippen LogP contribution in [0.1, 0.15) is 86.2 Å². The van der Waals surface area contributed by atoms with Crippen LogP contribution < -0.4 is 10.6 Å². The topological polar surface area (TPSA) is 81.4 Å². The van der Waals surface area contributed by atoms with Crippen molar-refractivity contribution in [3.63, 3.8) is 0 Å². The van der Waals surface area contributed by atoms with Gasteiger partial charge in [-0.25, -0.2) is 9.97 Å². The molecule has 6 nitrogen and oxygen atoms in total. The molecule has 6 heteroatoms. The van der Waals surface area contributed by atoms with Gasteiger partial charge in [-0.15, -0.1) is 0 Å². The van der Waals surface area contributed by atoms with E-state index < -0.39 is 0 Å². The first-order valence-electron chi connectivity index (χ1n) is 15.6. The average molecular weight is 531 g/mol. The number of imidazole rings is 2. The third kappa shape index (κ3) is 3.83. The van der Waals surface area contributed by atoms with Crippen molar-refractivity contribution in [2.75, 3.05) is 0 Å². The molecule has 2 saturated heterocycles. The predicted molar refractivity (Wildman–Crippen MR) is 158 cm³/mol. The number of fused-ring (bicyclic) bond motifs is 5. The predicted octanol–water partition coefficient (Wildman–Crippen LogP) is 6.64. The van der Waals surface area contributed by atoms with Crippen LogP contribution in [0, 0.1) is 11.8 Å². The van der Waals surface area contributed by atoms with Crippen LogP contribution in [-0.2, 0) is 12.8 Å². The molecule has 204 valence electrons. The monoisotopic (exact) mass is 530 g/mol. The molecule has 0 radical (unpaired) electrons. The maximum atomic E-state index is 4.80. The van der Waals surface area contributed by atoms with E-state index in [-0.39, 0.29) is 0 Å². The van der Waals surface area contributed by atoms with Crippen molar-refractivity contribution in [1.29, 1.82) is 0 Å². The summed E-state index contributed by atoms with van der Waals surface area (Å²) in [5, 5.41) is 7.66. The lowest BCUT2D eigenvalue weighted by molar-refractivity contribution is 0.516. The highest BCUT2D eigenvalue weighted by Gasteiger charge is 2.39. The Bertz CT molecular complexity index is 1440.